The number of pyridine rings is 1. The number of anilines is 1. The number of hydrogen-bond donors (Lipinski definition) is 0. The minimum absolute atomic E-state index is 0.0529. The molecule has 0 aliphatic carbocycles. The number of carbonyl (C=O) groups is 1. The fourth-order valence-electron chi connectivity index (χ4n) is 4.69. The zero-order chi connectivity index (χ0) is 22.6. The van der Waals surface area contributed by atoms with Gasteiger partial charge in [-0.3, -0.25) is 9.69 Å². The molecule has 2 aliphatic heterocycles. The summed E-state index contributed by atoms with van der Waals surface area (Å²) in [6.45, 7) is 10.4. The van der Waals surface area contributed by atoms with Crippen molar-refractivity contribution in [2.75, 3.05) is 50.7 Å². The van der Waals surface area contributed by atoms with Crippen molar-refractivity contribution in [2.24, 2.45) is 5.92 Å². The van der Waals surface area contributed by atoms with Crippen molar-refractivity contribution in [3.8, 4) is 5.75 Å². The van der Waals surface area contributed by atoms with Gasteiger partial charge in [-0.15, -0.1) is 0 Å². The highest BCUT2D eigenvalue weighted by molar-refractivity contribution is 6.30. The smallest absolute Gasteiger partial charge is 0.266 e. The van der Waals surface area contributed by atoms with Crippen LogP contribution in [0.5, 0.6) is 5.75 Å². The quantitative estimate of drug-likeness (QED) is 0.658. The molecule has 0 radical (unpaired) electrons. The fourth-order valence-corrected chi connectivity index (χ4v) is 4.81. The second-order valence-electron chi connectivity index (χ2n) is 9.30. The number of benzene rings is 1. The fraction of sp³-hybridized carbons (Fsp3) is 0.520. The van der Waals surface area contributed by atoms with Gasteiger partial charge in [0.05, 0.1) is 0 Å². The van der Waals surface area contributed by atoms with Crippen LogP contribution in [0.4, 0.5) is 5.82 Å². The first-order valence-electron chi connectivity index (χ1n) is 11.5. The SMILES string of the molecule is CC(C)(Oc1ccc(Cl)cc1)C(=O)N1CCCC(CN2CCN(c3ccccn3)CC2)C1. The van der Waals surface area contributed by atoms with E-state index in [2.05, 4.69) is 20.9 Å². The molecule has 1 atom stereocenters. The molecule has 1 aromatic heterocycles. The van der Waals surface area contributed by atoms with Crippen molar-refractivity contribution in [1.29, 1.82) is 0 Å². The summed E-state index contributed by atoms with van der Waals surface area (Å²) in [6, 6.07) is 13.2. The number of rotatable bonds is 6. The molecular weight excluding hydrogens is 424 g/mol. The van der Waals surface area contributed by atoms with Gasteiger partial charge in [-0.05, 0) is 69.0 Å². The van der Waals surface area contributed by atoms with Gasteiger partial charge in [0.1, 0.15) is 11.6 Å². The number of piperidine rings is 1. The summed E-state index contributed by atoms with van der Waals surface area (Å²) >= 11 is 5.96. The molecule has 2 saturated heterocycles. The first-order valence-corrected chi connectivity index (χ1v) is 11.9. The van der Waals surface area contributed by atoms with Gasteiger partial charge in [0, 0.05) is 57.0 Å². The van der Waals surface area contributed by atoms with E-state index >= 15 is 0 Å². The Morgan fingerprint density at radius 1 is 1.09 bits per heavy atom. The van der Waals surface area contributed by atoms with Crippen molar-refractivity contribution < 1.29 is 9.53 Å². The van der Waals surface area contributed by atoms with Gasteiger partial charge in [0.25, 0.3) is 5.91 Å². The van der Waals surface area contributed by atoms with E-state index in [-0.39, 0.29) is 5.91 Å². The number of carbonyl (C=O) groups excluding carboxylic acids is 1. The summed E-state index contributed by atoms with van der Waals surface area (Å²) in [7, 11) is 0. The van der Waals surface area contributed by atoms with E-state index in [0.717, 1.165) is 58.1 Å². The second kappa shape index (κ2) is 10.1. The number of aromatic nitrogens is 1. The number of amides is 1. The molecule has 3 heterocycles. The van der Waals surface area contributed by atoms with Crippen LogP contribution in [0.1, 0.15) is 26.7 Å². The van der Waals surface area contributed by atoms with Gasteiger partial charge in [-0.2, -0.15) is 0 Å². The largest absolute Gasteiger partial charge is 0.478 e. The Hall–Kier alpha value is -2.31. The van der Waals surface area contributed by atoms with Gasteiger partial charge in [-0.25, -0.2) is 4.98 Å². The molecule has 1 aromatic carbocycles. The molecule has 2 aliphatic rings. The number of ether oxygens (including phenoxy) is 1. The monoisotopic (exact) mass is 456 g/mol. The molecule has 6 nitrogen and oxygen atoms in total. The van der Waals surface area contributed by atoms with Crippen LogP contribution in [0.2, 0.25) is 5.02 Å². The molecule has 1 amide bonds. The summed E-state index contributed by atoms with van der Waals surface area (Å²) in [6.07, 6.45) is 4.07. The number of hydrogen-bond acceptors (Lipinski definition) is 5. The highest BCUT2D eigenvalue weighted by Gasteiger charge is 2.37. The summed E-state index contributed by atoms with van der Waals surface area (Å²) in [5.41, 5.74) is -0.913. The summed E-state index contributed by atoms with van der Waals surface area (Å²) in [4.78, 5) is 24.6. The Morgan fingerprint density at radius 3 is 2.53 bits per heavy atom. The van der Waals surface area contributed by atoms with Crippen molar-refractivity contribution >= 4 is 23.3 Å². The number of nitrogens with zero attached hydrogens (tertiary/aromatic N) is 4. The van der Waals surface area contributed by atoms with Crippen molar-refractivity contribution in [3.05, 3.63) is 53.7 Å². The first-order chi connectivity index (χ1) is 15.4. The third kappa shape index (κ3) is 5.73. The first kappa shape index (κ1) is 22.9. The lowest BCUT2D eigenvalue weighted by atomic mass is 9.95. The summed E-state index contributed by atoms with van der Waals surface area (Å²) in [5, 5.41) is 0.654. The van der Waals surface area contributed by atoms with E-state index in [1.54, 1.807) is 24.3 Å². The lowest BCUT2D eigenvalue weighted by molar-refractivity contribution is -0.147. The van der Waals surface area contributed by atoms with Crippen molar-refractivity contribution in [1.82, 2.24) is 14.8 Å². The number of piperazine rings is 1. The van der Waals surface area contributed by atoms with Gasteiger partial charge < -0.3 is 14.5 Å². The Balaban J connectivity index is 1.28. The molecule has 32 heavy (non-hydrogen) atoms. The van der Waals surface area contributed by atoms with Crippen LogP contribution in [0, 0.1) is 5.92 Å². The molecule has 0 N–H and O–H groups in total. The van der Waals surface area contributed by atoms with Crippen LogP contribution in [0.3, 0.4) is 0 Å². The summed E-state index contributed by atoms with van der Waals surface area (Å²) < 4.78 is 6.04. The molecule has 4 rings (SSSR count). The molecule has 0 saturated carbocycles. The van der Waals surface area contributed by atoms with Crippen LogP contribution < -0.4 is 9.64 Å². The predicted molar refractivity (Wildman–Crippen MR) is 128 cm³/mol. The maximum Gasteiger partial charge on any atom is 0.266 e. The molecule has 2 aromatic rings. The minimum atomic E-state index is -0.913. The second-order valence-corrected chi connectivity index (χ2v) is 9.74. The van der Waals surface area contributed by atoms with Crippen LogP contribution in [0.25, 0.3) is 0 Å². The van der Waals surface area contributed by atoms with Gasteiger partial charge in [0.2, 0.25) is 0 Å². The van der Waals surface area contributed by atoms with Crippen LogP contribution in [-0.2, 0) is 4.79 Å². The van der Waals surface area contributed by atoms with E-state index in [4.69, 9.17) is 16.3 Å². The standard InChI is InChI=1S/C25H33ClN4O2/c1-25(2,32-22-10-8-21(26)9-11-22)24(31)30-13-5-6-20(19-30)18-28-14-16-29(17-15-28)23-7-3-4-12-27-23/h3-4,7-12,20H,5-6,13-19H2,1-2H3. The van der Waals surface area contributed by atoms with E-state index < -0.39 is 5.60 Å². The zero-order valence-electron chi connectivity index (χ0n) is 19.0. The molecule has 7 heteroatoms. The zero-order valence-corrected chi connectivity index (χ0v) is 19.8. The molecule has 2 fully saturated rings. The van der Waals surface area contributed by atoms with E-state index in [0.29, 0.717) is 16.7 Å². The highest BCUT2D eigenvalue weighted by Crippen LogP contribution is 2.26. The van der Waals surface area contributed by atoms with Crippen LogP contribution in [-0.4, -0.2) is 72.1 Å². The topological polar surface area (TPSA) is 48.9 Å². The van der Waals surface area contributed by atoms with Gasteiger partial charge in [-0.1, -0.05) is 17.7 Å². The Bertz CT molecular complexity index is 883. The minimum Gasteiger partial charge on any atom is -0.478 e. The highest BCUT2D eigenvalue weighted by atomic mass is 35.5. The molecule has 0 spiro atoms. The Labute approximate surface area is 196 Å². The predicted octanol–water partition coefficient (Wildman–Crippen LogP) is 3.95. The Morgan fingerprint density at radius 2 is 1.84 bits per heavy atom. The van der Waals surface area contributed by atoms with Gasteiger partial charge >= 0.3 is 0 Å². The third-order valence-electron chi connectivity index (χ3n) is 6.37. The van der Waals surface area contributed by atoms with E-state index in [1.807, 2.05) is 37.1 Å². The average Bonchev–Trinajstić information content (AvgIpc) is 2.81. The molecule has 0 bridgehead atoms. The van der Waals surface area contributed by atoms with E-state index in [1.165, 1.54) is 6.42 Å². The maximum atomic E-state index is 13.3. The van der Waals surface area contributed by atoms with Gasteiger partial charge in [0.15, 0.2) is 5.60 Å². The number of halogens is 1. The van der Waals surface area contributed by atoms with Crippen molar-refractivity contribution in [2.45, 2.75) is 32.3 Å². The van der Waals surface area contributed by atoms with E-state index in [9.17, 15) is 4.79 Å². The molecule has 1 unspecified atom stereocenters. The van der Waals surface area contributed by atoms with Crippen molar-refractivity contribution in [3.63, 3.8) is 0 Å². The van der Waals surface area contributed by atoms with Crippen LogP contribution in [0.15, 0.2) is 48.7 Å². The lowest BCUT2D eigenvalue weighted by Gasteiger charge is -2.41. The third-order valence-corrected chi connectivity index (χ3v) is 6.62. The van der Waals surface area contributed by atoms with Crippen LogP contribution >= 0.6 is 11.6 Å². The molecule has 172 valence electrons. The average molecular weight is 457 g/mol. The number of likely N-dealkylation sites (tertiary alicyclic amines) is 1. The maximum absolute atomic E-state index is 13.3. The molecular formula is C25H33ClN4O2. The Kier molecular flexibility index (Phi) is 7.21. The lowest BCUT2D eigenvalue weighted by Crippen LogP contribution is -2.54. The normalized spacial score (nSPS) is 20.3. The summed E-state index contributed by atoms with van der Waals surface area (Å²) in [5.74, 6) is 2.27.